The quantitative estimate of drug-likeness (QED) is 0.488. The van der Waals surface area contributed by atoms with Crippen LogP contribution in [0.3, 0.4) is 0 Å². The number of allylic oxidation sites excluding steroid dienone is 1. The molecular formula is C22H23Cl2FN2. The summed E-state index contributed by atoms with van der Waals surface area (Å²) in [6.07, 6.45) is 5.05. The van der Waals surface area contributed by atoms with Crippen molar-refractivity contribution in [3.63, 3.8) is 0 Å². The first kappa shape index (κ1) is 19.9. The lowest BCUT2D eigenvalue weighted by Crippen LogP contribution is -2.45. The maximum absolute atomic E-state index is 13.3. The lowest BCUT2D eigenvalue weighted by Gasteiger charge is -2.43. The van der Waals surface area contributed by atoms with E-state index in [1.54, 1.807) is 12.3 Å². The number of nitrogens with zero attached hydrogens (tertiary/aromatic N) is 2. The maximum atomic E-state index is 13.3. The lowest BCUT2D eigenvalue weighted by molar-refractivity contribution is 0.550. The number of halogens is 3. The van der Waals surface area contributed by atoms with Gasteiger partial charge in [0.2, 0.25) is 0 Å². The van der Waals surface area contributed by atoms with Crippen LogP contribution in [0.1, 0.15) is 45.2 Å². The Balaban J connectivity index is 2.02. The van der Waals surface area contributed by atoms with Gasteiger partial charge < -0.3 is 4.90 Å². The average molecular weight is 405 g/mol. The fourth-order valence-electron chi connectivity index (χ4n) is 3.56. The molecule has 142 valence electrons. The van der Waals surface area contributed by atoms with Crippen LogP contribution < -0.4 is 4.90 Å². The number of aliphatic imine (C=N–C) groups is 1. The predicted molar refractivity (Wildman–Crippen MR) is 115 cm³/mol. The average Bonchev–Trinajstić information content (AvgIpc) is 2.59. The van der Waals surface area contributed by atoms with Crippen LogP contribution in [0.25, 0.3) is 5.57 Å². The maximum Gasteiger partial charge on any atom is 0.141 e. The molecule has 2 aromatic carbocycles. The fraction of sp³-hybridized carbons (Fsp3) is 0.318. The van der Waals surface area contributed by atoms with Gasteiger partial charge in [0.1, 0.15) is 5.82 Å². The van der Waals surface area contributed by atoms with E-state index in [1.807, 2.05) is 6.07 Å². The summed E-state index contributed by atoms with van der Waals surface area (Å²) in [6, 6.07) is 8.47. The predicted octanol–water partition coefficient (Wildman–Crippen LogP) is 7.30. The van der Waals surface area contributed by atoms with Gasteiger partial charge in [-0.2, -0.15) is 0 Å². The van der Waals surface area contributed by atoms with E-state index in [0.717, 1.165) is 29.8 Å². The standard InChI is InChI=1S/C22H23Cl2FN2/c1-5-8-27-21-11-18(23)15(9-17(21)14(2)12-22(27,3)4)13-26-16-6-7-20(25)19(24)10-16/h6-7,9-13H,5,8H2,1-4H3. The van der Waals surface area contributed by atoms with Gasteiger partial charge in [-0.25, -0.2) is 4.39 Å². The summed E-state index contributed by atoms with van der Waals surface area (Å²) in [5.74, 6) is -0.457. The van der Waals surface area contributed by atoms with Crippen LogP contribution in [0.5, 0.6) is 0 Å². The van der Waals surface area contributed by atoms with Crippen molar-refractivity contribution in [3.05, 3.63) is 63.4 Å². The number of hydrogen-bond acceptors (Lipinski definition) is 2. The van der Waals surface area contributed by atoms with Crippen LogP contribution in [-0.2, 0) is 0 Å². The lowest BCUT2D eigenvalue weighted by atomic mass is 9.88. The molecule has 2 aromatic rings. The fourth-order valence-corrected chi connectivity index (χ4v) is 3.94. The van der Waals surface area contributed by atoms with Gasteiger partial charge in [-0.1, -0.05) is 36.2 Å². The normalized spacial score (nSPS) is 15.8. The molecule has 5 heteroatoms. The number of rotatable bonds is 4. The Labute approximate surface area is 170 Å². The first-order valence-corrected chi connectivity index (χ1v) is 9.78. The summed E-state index contributed by atoms with van der Waals surface area (Å²) in [6.45, 7) is 9.70. The molecule has 0 N–H and O–H groups in total. The van der Waals surface area contributed by atoms with E-state index in [-0.39, 0.29) is 10.6 Å². The molecule has 0 amide bonds. The van der Waals surface area contributed by atoms with Gasteiger partial charge in [-0.15, -0.1) is 0 Å². The highest BCUT2D eigenvalue weighted by molar-refractivity contribution is 6.33. The van der Waals surface area contributed by atoms with Crippen LogP contribution in [0.4, 0.5) is 15.8 Å². The molecule has 0 aromatic heterocycles. The summed E-state index contributed by atoms with van der Waals surface area (Å²) < 4.78 is 13.3. The molecule has 0 spiro atoms. The van der Waals surface area contributed by atoms with Crippen molar-refractivity contribution >= 4 is 46.4 Å². The molecule has 0 atom stereocenters. The Kier molecular flexibility index (Phi) is 5.64. The summed E-state index contributed by atoms with van der Waals surface area (Å²) in [7, 11) is 0. The molecule has 3 rings (SSSR count). The smallest absolute Gasteiger partial charge is 0.141 e. The van der Waals surface area contributed by atoms with E-state index in [1.165, 1.54) is 17.7 Å². The van der Waals surface area contributed by atoms with E-state index in [9.17, 15) is 4.39 Å². The van der Waals surface area contributed by atoms with Gasteiger partial charge in [0.15, 0.2) is 0 Å². The molecule has 1 aliphatic heterocycles. The first-order valence-electron chi connectivity index (χ1n) is 9.03. The highest BCUT2D eigenvalue weighted by atomic mass is 35.5. The van der Waals surface area contributed by atoms with Crippen molar-refractivity contribution in [1.29, 1.82) is 0 Å². The van der Waals surface area contributed by atoms with Crippen LogP contribution in [0.15, 0.2) is 41.4 Å². The molecule has 1 aliphatic rings. The molecule has 1 heterocycles. The third-order valence-corrected chi connectivity index (χ3v) is 5.42. The first-order chi connectivity index (χ1) is 12.7. The van der Waals surface area contributed by atoms with Gasteiger partial charge in [0.25, 0.3) is 0 Å². The zero-order chi connectivity index (χ0) is 19.8. The van der Waals surface area contributed by atoms with Gasteiger partial charge in [-0.05, 0) is 63.1 Å². The molecule has 0 bridgehead atoms. The third-order valence-electron chi connectivity index (χ3n) is 4.80. The molecule has 2 nitrogen and oxygen atoms in total. The van der Waals surface area contributed by atoms with Crippen molar-refractivity contribution in [2.75, 3.05) is 11.4 Å². The van der Waals surface area contributed by atoms with Crippen molar-refractivity contribution < 1.29 is 4.39 Å². The Morgan fingerprint density at radius 3 is 2.56 bits per heavy atom. The van der Waals surface area contributed by atoms with Gasteiger partial charge in [0, 0.05) is 29.6 Å². The van der Waals surface area contributed by atoms with Crippen LogP contribution >= 0.6 is 23.2 Å². The summed E-state index contributed by atoms with van der Waals surface area (Å²) in [4.78, 5) is 6.79. The molecule has 0 saturated heterocycles. The highest BCUT2D eigenvalue weighted by Gasteiger charge is 2.31. The topological polar surface area (TPSA) is 15.6 Å². The van der Waals surface area contributed by atoms with Crippen molar-refractivity contribution in [3.8, 4) is 0 Å². The van der Waals surface area contributed by atoms with E-state index < -0.39 is 5.82 Å². The minimum Gasteiger partial charge on any atom is -0.362 e. The van der Waals surface area contributed by atoms with Crippen LogP contribution in [-0.4, -0.2) is 18.3 Å². The van der Waals surface area contributed by atoms with Crippen LogP contribution in [0, 0.1) is 5.82 Å². The van der Waals surface area contributed by atoms with Gasteiger partial charge in [-0.3, -0.25) is 4.99 Å². The molecule has 0 radical (unpaired) electrons. The van der Waals surface area contributed by atoms with Crippen LogP contribution in [0.2, 0.25) is 10.0 Å². The monoisotopic (exact) mass is 404 g/mol. The molecule has 0 fully saturated rings. The Morgan fingerprint density at radius 2 is 1.89 bits per heavy atom. The van der Waals surface area contributed by atoms with E-state index in [0.29, 0.717) is 10.7 Å². The highest BCUT2D eigenvalue weighted by Crippen LogP contribution is 2.41. The Morgan fingerprint density at radius 1 is 1.15 bits per heavy atom. The summed E-state index contributed by atoms with van der Waals surface area (Å²) in [5.41, 5.74) is 4.87. The zero-order valence-corrected chi connectivity index (χ0v) is 17.5. The van der Waals surface area contributed by atoms with E-state index in [2.05, 4.69) is 49.7 Å². The molecule has 0 saturated carbocycles. The Bertz CT molecular complexity index is 932. The summed E-state index contributed by atoms with van der Waals surface area (Å²) in [5, 5.41) is 0.690. The molecule has 0 unspecified atom stereocenters. The second kappa shape index (κ2) is 7.65. The second-order valence-electron chi connectivity index (χ2n) is 7.38. The number of hydrogen-bond donors (Lipinski definition) is 0. The van der Waals surface area contributed by atoms with E-state index in [4.69, 9.17) is 23.2 Å². The largest absolute Gasteiger partial charge is 0.362 e. The third kappa shape index (κ3) is 4.04. The van der Waals surface area contributed by atoms with Gasteiger partial charge in [0.05, 0.1) is 21.3 Å². The molecule has 0 aliphatic carbocycles. The van der Waals surface area contributed by atoms with Gasteiger partial charge >= 0.3 is 0 Å². The molecular weight excluding hydrogens is 382 g/mol. The molecule has 27 heavy (non-hydrogen) atoms. The zero-order valence-electron chi connectivity index (χ0n) is 16.0. The number of benzene rings is 2. The summed E-state index contributed by atoms with van der Waals surface area (Å²) >= 11 is 12.4. The Hall–Kier alpha value is -1.84. The van der Waals surface area contributed by atoms with Crippen molar-refractivity contribution in [2.45, 2.75) is 39.7 Å². The number of anilines is 1. The minimum atomic E-state index is -0.457. The minimum absolute atomic E-state index is 0.0532. The van der Waals surface area contributed by atoms with Crippen molar-refractivity contribution in [1.82, 2.24) is 0 Å². The SMILES string of the molecule is CCCN1c2cc(Cl)c(C=Nc3ccc(F)c(Cl)c3)cc2C(C)=CC1(C)C. The number of fused-ring (bicyclic) bond motifs is 1. The van der Waals surface area contributed by atoms with Crippen molar-refractivity contribution in [2.24, 2.45) is 4.99 Å². The van der Waals surface area contributed by atoms with E-state index >= 15 is 0 Å². The second-order valence-corrected chi connectivity index (χ2v) is 8.19.